The summed E-state index contributed by atoms with van der Waals surface area (Å²) in [6.07, 6.45) is 1.91. The van der Waals surface area contributed by atoms with Gasteiger partial charge in [-0.1, -0.05) is 28.1 Å². The van der Waals surface area contributed by atoms with Crippen molar-refractivity contribution in [2.45, 2.75) is 12.8 Å². The van der Waals surface area contributed by atoms with Crippen LogP contribution in [-0.4, -0.2) is 28.9 Å². The van der Waals surface area contributed by atoms with E-state index in [1.54, 1.807) is 0 Å². The first-order chi connectivity index (χ1) is 8.99. The van der Waals surface area contributed by atoms with Crippen LogP contribution in [0.5, 0.6) is 0 Å². The van der Waals surface area contributed by atoms with Crippen LogP contribution >= 0.6 is 44.1 Å². The fourth-order valence-electron chi connectivity index (χ4n) is 2.23. The van der Waals surface area contributed by atoms with E-state index in [0.29, 0.717) is 17.1 Å². The van der Waals surface area contributed by atoms with Crippen LogP contribution in [0.3, 0.4) is 0 Å². The zero-order valence-electron chi connectivity index (χ0n) is 10.2. The summed E-state index contributed by atoms with van der Waals surface area (Å²) in [4.78, 5) is 14.9. The zero-order valence-corrected chi connectivity index (χ0v) is 14.2. The smallest absolute Gasteiger partial charge is 0.255 e. The van der Waals surface area contributed by atoms with Gasteiger partial charge in [0.25, 0.3) is 5.91 Å². The summed E-state index contributed by atoms with van der Waals surface area (Å²) < 4.78 is 1.69. The molecule has 0 aliphatic carbocycles. The highest BCUT2D eigenvalue weighted by Gasteiger charge is 2.26. The molecule has 0 saturated carbocycles. The van der Waals surface area contributed by atoms with Gasteiger partial charge in [-0.3, -0.25) is 4.79 Å². The monoisotopic (exact) mass is 404 g/mol. The number of hydrogen-bond acceptors (Lipinski definition) is 2. The molecule has 102 valence electrons. The molecule has 1 fully saturated rings. The minimum atomic E-state index is 0.0223. The van der Waals surface area contributed by atoms with Crippen LogP contribution in [0.4, 0.5) is 0 Å². The third-order valence-corrected chi connectivity index (χ3v) is 4.79. The van der Waals surface area contributed by atoms with E-state index >= 15 is 0 Å². The second kappa shape index (κ2) is 6.33. The lowest BCUT2D eigenvalue weighted by molar-refractivity contribution is 0.0702. The topological polar surface area (TPSA) is 46.3 Å². The maximum Gasteiger partial charge on any atom is 0.255 e. The van der Waals surface area contributed by atoms with E-state index in [4.69, 9.17) is 18.0 Å². The molecule has 1 aromatic rings. The number of likely N-dealkylation sites (tertiary alicyclic amines) is 1. The van der Waals surface area contributed by atoms with Gasteiger partial charge < -0.3 is 10.6 Å². The van der Waals surface area contributed by atoms with Crippen molar-refractivity contribution in [2.75, 3.05) is 13.1 Å². The molecule has 1 aromatic carbocycles. The van der Waals surface area contributed by atoms with E-state index in [1.807, 2.05) is 23.1 Å². The molecule has 6 heteroatoms. The molecule has 0 spiro atoms. The van der Waals surface area contributed by atoms with Crippen LogP contribution < -0.4 is 5.73 Å². The van der Waals surface area contributed by atoms with E-state index in [9.17, 15) is 4.79 Å². The van der Waals surface area contributed by atoms with Crippen molar-refractivity contribution in [2.24, 2.45) is 11.7 Å². The van der Waals surface area contributed by atoms with Crippen LogP contribution in [0, 0.1) is 5.92 Å². The average molecular weight is 406 g/mol. The zero-order chi connectivity index (χ0) is 14.0. The minimum Gasteiger partial charge on any atom is -0.393 e. The van der Waals surface area contributed by atoms with Crippen LogP contribution in [0.1, 0.15) is 23.2 Å². The first kappa shape index (κ1) is 14.9. The maximum absolute atomic E-state index is 12.5. The maximum atomic E-state index is 12.5. The highest BCUT2D eigenvalue weighted by Crippen LogP contribution is 2.25. The highest BCUT2D eigenvalue weighted by molar-refractivity contribution is 9.11. The van der Waals surface area contributed by atoms with Crippen molar-refractivity contribution in [1.82, 2.24) is 4.90 Å². The Morgan fingerprint density at radius 1 is 1.42 bits per heavy atom. The standard InChI is InChI=1S/C13H14Br2N2OS/c14-9-3-4-11(15)10(6-9)13(18)17-5-1-2-8(7-17)12(16)19/h3-4,6,8H,1-2,5,7H2,(H2,16,19). The Morgan fingerprint density at radius 2 is 2.16 bits per heavy atom. The number of carbonyl (C=O) groups is 1. The molecular formula is C13H14Br2N2OS. The van der Waals surface area contributed by atoms with E-state index in [0.717, 1.165) is 28.3 Å². The van der Waals surface area contributed by atoms with Crippen LogP contribution in [0.25, 0.3) is 0 Å². The van der Waals surface area contributed by atoms with Gasteiger partial charge in [0, 0.05) is 28.0 Å². The molecule has 1 saturated heterocycles. The lowest BCUT2D eigenvalue weighted by Gasteiger charge is -2.32. The molecular weight excluding hydrogens is 392 g/mol. The van der Waals surface area contributed by atoms with Crippen LogP contribution in [0.2, 0.25) is 0 Å². The second-order valence-electron chi connectivity index (χ2n) is 4.62. The van der Waals surface area contributed by atoms with Gasteiger partial charge in [-0.05, 0) is 47.0 Å². The second-order valence-corrected chi connectivity index (χ2v) is 6.86. The Bertz CT molecular complexity index is 521. The molecule has 1 amide bonds. The average Bonchev–Trinajstić information content (AvgIpc) is 2.41. The Hall–Kier alpha value is -0.460. The number of amides is 1. The van der Waals surface area contributed by atoms with Crippen molar-refractivity contribution in [3.8, 4) is 0 Å². The summed E-state index contributed by atoms with van der Waals surface area (Å²) in [6.45, 7) is 1.38. The molecule has 1 aliphatic rings. The minimum absolute atomic E-state index is 0.0223. The lowest BCUT2D eigenvalue weighted by Crippen LogP contribution is -2.43. The van der Waals surface area contributed by atoms with Crippen molar-refractivity contribution in [3.63, 3.8) is 0 Å². The summed E-state index contributed by atoms with van der Waals surface area (Å²) >= 11 is 11.9. The molecule has 1 heterocycles. The Labute approximate surface area is 134 Å². The molecule has 1 unspecified atom stereocenters. The summed E-state index contributed by atoms with van der Waals surface area (Å²) in [7, 11) is 0. The third-order valence-electron chi connectivity index (χ3n) is 3.27. The van der Waals surface area contributed by atoms with E-state index in [2.05, 4.69) is 31.9 Å². The summed E-state index contributed by atoms with van der Waals surface area (Å²) in [5.74, 6) is 0.160. The molecule has 0 radical (unpaired) electrons. The Balaban J connectivity index is 2.19. The first-order valence-electron chi connectivity index (χ1n) is 6.02. The summed E-state index contributed by atoms with van der Waals surface area (Å²) in [6, 6.07) is 5.60. The number of piperidine rings is 1. The fourth-order valence-corrected chi connectivity index (χ4v) is 3.20. The molecule has 19 heavy (non-hydrogen) atoms. The molecule has 0 bridgehead atoms. The molecule has 1 atom stereocenters. The number of nitrogens with two attached hydrogens (primary N) is 1. The molecule has 2 rings (SSSR count). The summed E-state index contributed by atoms with van der Waals surface area (Å²) in [5, 5.41) is 0. The van der Waals surface area contributed by atoms with Crippen molar-refractivity contribution >= 4 is 55.0 Å². The van der Waals surface area contributed by atoms with Gasteiger partial charge in [0.05, 0.1) is 10.6 Å². The van der Waals surface area contributed by atoms with Gasteiger partial charge >= 0.3 is 0 Å². The number of hydrogen-bond donors (Lipinski definition) is 1. The number of benzene rings is 1. The molecule has 3 nitrogen and oxygen atoms in total. The number of rotatable bonds is 2. The van der Waals surface area contributed by atoms with Crippen molar-refractivity contribution in [3.05, 3.63) is 32.7 Å². The van der Waals surface area contributed by atoms with Crippen LogP contribution in [-0.2, 0) is 0 Å². The Morgan fingerprint density at radius 3 is 2.84 bits per heavy atom. The third kappa shape index (κ3) is 3.55. The largest absolute Gasteiger partial charge is 0.393 e. The number of thiocarbonyl (C=S) groups is 1. The fraction of sp³-hybridized carbons (Fsp3) is 0.385. The highest BCUT2D eigenvalue weighted by atomic mass is 79.9. The Kier molecular flexibility index (Phi) is 4.97. The van der Waals surface area contributed by atoms with Crippen molar-refractivity contribution < 1.29 is 4.79 Å². The SMILES string of the molecule is NC(=S)C1CCCN(C(=O)c2cc(Br)ccc2Br)C1. The van der Waals surface area contributed by atoms with Gasteiger partial charge in [-0.2, -0.15) is 0 Å². The molecule has 1 aliphatic heterocycles. The van der Waals surface area contributed by atoms with Crippen LogP contribution in [0.15, 0.2) is 27.1 Å². The van der Waals surface area contributed by atoms with Gasteiger partial charge in [0.1, 0.15) is 0 Å². The molecule has 2 N–H and O–H groups in total. The van der Waals surface area contributed by atoms with Gasteiger partial charge in [-0.25, -0.2) is 0 Å². The van der Waals surface area contributed by atoms with E-state index in [-0.39, 0.29) is 11.8 Å². The van der Waals surface area contributed by atoms with Gasteiger partial charge in [0.2, 0.25) is 0 Å². The van der Waals surface area contributed by atoms with E-state index < -0.39 is 0 Å². The lowest BCUT2D eigenvalue weighted by atomic mass is 9.97. The quantitative estimate of drug-likeness (QED) is 0.767. The number of nitrogens with zero attached hydrogens (tertiary/aromatic N) is 1. The predicted octanol–water partition coefficient (Wildman–Crippen LogP) is 3.35. The number of carbonyl (C=O) groups excluding carboxylic acids is 1. The predicted molar refractivity (Wildman–Crippen MR) is 87.3 cm³/mol. The van der Waals surface area contributed by atoms with Gasteiger partial charge in [-0.15, -0.1) is 0 Å². The first-order valence-corrected chi connectivity index (χ1v) is 8.02. The number of halogens is 2. The normalized spacial score (nSPS) is 19.3. The van der Waals surface area contributed by atoms with Gasteiger partial charge in [0.15, 0.2) is 0 Å². The van der Waals surface area contributed by atoms with E-state index in [1.165, 1.54) is 0 Å². The molecule has 0 aromatic heterocycles. The van der Waals surface area contributed by atoms with Crippen molar-refractivity contribution in [1.29, 1.82) is 0 Å². The summed E-state index contributed by atoms with van der Waals surface area (Å²) in [5.41, 5.74) is 6.36.